The van der Waals surface area contributed by atoms with Gasteiger partial charge in [0.15, 0.2) is 0 Å². The van der Waals surface area contributed by atoms with Gasteiger partial charge in [-0.1, -0.05) is 4.89 Å². The van der Waals surface area contributed by atoms with E-state index in [4.69, 9.17) is 0 Å². The van der Waals surface area contributed by atoms with Gasteiger partial charge < -0.3 is 4.90 Å². The van der Waals surface area contributed by atoms with Crippen LogP contribution >= 0.6 is 0 Å². The number of hydrogen-bond acceptors (Lipinski definition) is 4. The lowest BCUT2D eigenvalue weighted by Crippen LogP contribution is -2.31. The summed E-state index contributed by atoms with van der Waals surface area (Å²) < 4.78 is 23.5. The van der Waals surface area contributed by atoms with Crippen molar-refractivity contribution in [3.05, 3.63) is 23.8 Å². The minimum atomic E-state index is -3.65. The highest BCUT2D eigenvalue weighted by Crippen LogP contribution is 2.28. The lowest BCUT2D eigenvalue weighted by atomic mass is 10.0. The largest absolute Gasteiger partial charge is 0.315 e. The van der Waals surface area contributed by atoms with Gasteiger partial charge in [0.2, 0.25) is 5.91 Å². The van der Waals surface area contributed by atoms with E-state index in [0.29, 0.717) is 12.8 Å². The van der Waals surface area contributed by atoms with Crippen LogP contribution in [0.4, 0.5) is 5.69 Å². The highest BCUT2D eigenvalue weighted by molar-refractivity contribution is 7.89. The number of nitrogens with one attached hydrogen (secondary N) is 1. The molecule has 0 saturated heterocycles. The SMILES string of the molecule is CONS(=O)(=O)c1ccc2c(c1)CCC(=O)N2C. The number of nitrogens with zero attached hydrogens (tertiary/aromatic N) is 1. The molecule has 0 aliphatic carbocycles. The lowest BCUT2D eigenvalue weighted by molar-refractivity contribution is -0.118. The Kier molecular flexibility index (Phi) is 3.38. The minimum Gasteiger partial charge on any atom is -0.315 e. The lowest BCUT2D eigenvalue weighted by Gasteiger charge is -2.26. The third-order valence-electron chi connectivity index (χ3n) is 2.90. The summed E-state index contributed by atoms with van der Waals surface area (Å²) in [6.45, 7) is 0. The van der Waals surface area contributed by atoms with Gasteiger partial charge in [0.25, 0.3) is 10.0 Å². The highest BCUT2D eigenvalue weighted by Gasteiger charge is 2.23. The average Bonchev–Trinajstić information content (AvgIpc) is 2.33. The molecular weight excluding hydrogens is 256 g/mol. The Morgan fingerprint density at radius 2 is 2.06 bits per heavy atom. The smallest absolute Gasteiger partial charge is 0.262 e. The van der Waals surface area contributed by atoms with E-state index < -0.39 is 10.0 Å². The summed E-state index contributed by atoms with van der Waals surface area (Å²) in [6.07, 6.45) is 0.944. The number of carbonyl (C=O) groups excluding carboxylic acids is 1. The van der Waals surface area contributed by atoms with Gasteiger partial charge in [-0.15, -0.1) is 0 Å². The van der Waals surface area contributed by atoms with Gasteiger partial charge in [0.1, 0.15) is 0 Å². The van der Waals surface area contributed by atoms with Crippen LogP contribution in [-0.2, 0) is 26.1 Å². The number of carbonyl (C=O) groups is 1. The number of aryl methyl sites for hydroxylation is 1. The number of amides is 1. The number of rotatable bonds is 3. The van der Waals surface area contributed by atoms with Crippen molar-refractivity contribution in [1.82, 2.24) is 4.89 Å². The van der Waals surface area contributed by atoms with Crippen molar-refractivity contribution in [2.24, 2.45) is 0 Å². The number of anilines is 1. The molecule has 0 fully saturated rings. The van der Waals surface area contributed by atoms with Gasteiger partial charge >= 0.3 is 0 Å². The fourth-order valence-corrected chi connectivity index (χ4v) is 2.82. The molecule has 7 heteroatoms. The van der Waals surface area contributed by atoms with E-state index in [1.54, 1.807) is 24.1 Å². The Morgan fingerprint density at radius 1 is 1.33 bits per heavy atom. The number of fused-ring (bicyclic) bond motifs is 1. The molecule has 6 nitrogen and oxygen atoms in total. The second kappa shape index (κ2) is 4.68. The first kappa shape index (κ1) is 13.0. The van der Waals surface area contributed by atoms with Crippen LogP contribution in [0.25, 0.3) is 0 Å². The molecule has 0 aromatic heterocycles. The van der Waals surface area contributed by atoms with Crippen LogP contribution in [0, 0.1) is 0 Å². The highest BCUT2D eigenvalue weighted by atomic mass is 32.2. The maximum absolute atomic E-state index is 11.7. The Hall–Kier alpha value is -1.44. The first-order valence-corrected chi connectivity index (χ1v) is 6.88. The van der Waals surface area contributed by atoms with Crippen LogP contribution in [0.5, 0.6) is 0 Å². The summed E-state index contributed by atoms with van der Waals surface area (Å²) in [6, 6.07) is 4.66. The summed E-state index contributed by atoms with van der Waals surface area (Å²) in [5, 5.41) is 0. The van der Waals surface area contributed by atoms with Gasteiger partial charge in [-0.2, -0.15) is 0 Å². The molecule has 1 amide bonds. The maximum Gasteiger partial charge on any atom is 0.262 e. The van der Waals surface area contributed by atoms with E-state index in [2.05, 4.69) is 4.84 Å². The Morgan fingerprint density at radius 3 is 2.72 bits per heavy atom. The van der Waals surface area contributed by atoms with Crippen molar-refractivity contribution in [1.29, 1.82) is 0 Å². The van der Waals surface area contributed by atoms with Gasteiger partial charge in [-0.3, -0.25) is 9.63 Å². The van der Waals surface area contributed by atoms with E-state index in [1.807, 2.05) is 4.89 Å². The summed E-state index contributed by atoms with van der Waals surface area (Å²) >= 11 is 0. The second-order valence-corrected chi connectivity index (χ2v) is 5.68. The molecule has 1 aromatic carbocycles. The standard InChI is InChI=1S/C11H14N2O4S/c1-13-10-5-4-9(18(15,16)12-17-2)7-8(10)3-6-11(13)14/h4-5,7,12H,3,6H2,1-2H3. The predicted octanol–water partition coefficient (Wildman–Crippen LogP) is 0.435. The Bertz CT molecular complexity index is 583. The molecule has 0 unspecified atom stereocenters. The molecule has 0 spiro atoms. The van der Waals surface area contributed by atoms with Crippen molar-refractivity contribution in [3.8, 4) is 0 Å². The molecule has 0 radical (unpaired) electrons. The Balaban J connectivity index is 2.43. The van der Waals surface area contributed by atoms with Crippen LogP contribution in [0.2, 0.25) is 0 Å². The van der Waals surface area contributed by atoms with Crippen LogP contribution in [0.3, 0.4) is 0 Å². The molecule has 1 aromatic rings. The molecule has 1 aliphatic rings. The third-order valence-corrected chi connectivity index (χ3v) is 4.16. The normalized spacial score (nSPS) is 15.7. The topological polar surface area (TPSA) is 75.7 Å². The van der Waals surface area contributed by atoms with Crippen LogP contribution in [-0.4, -0.2) is 28.5 Å². The minimum absolute atomic E-state index is 0.0353. The number of benzene rings is 1. The molecular formula is C11H14N2O4S. The van der Waals surface area contributed by atoms with Crippen molar-refractivity contribution < 1.29 is 18.0 Å². The fourth-order valence-electron chi connectivity index (χ4n) is 1.96. The van der Waals surface area contributed by atoms with E-state index in [1.165, 1.54) is 13.2 Å². The first-order chi connectivity index (χ1) is 8.45. The first-order valence-electron chi connectivity index (χ1n) is 5.40. The summed E-state index contributed by atoms with van der Waals surface area (Å²) in [5.41, 5.74) is 1.60. The summed E-state index contributed by atoms with van der Waals surface area (Å²) in [4.78, 5) is 19.6. The molecule has 18 heavy (non-hydrogen) atoms. The van der Waals surface area contributed by atoms with Crippen LogP contribution < -0.4 is 9.79 Å². The molecule has 2 rings (SSSR count). The average molecular weight is 270 g/mol. The molecule has 0 saturated carbocycles. The zero-order valence-corrected chi connectivity index (χ0v) is 11.0. The molecule has 1 N–H and O–H groups in total. The van der Waals surface area contributed by atoms with Crippen LogP contribution in [0.15, 0.2) is 23.1 Å². The van der Waals surface area contributed by atoms with Crippen molar-refractivity contribution in [2.75, 3.05) is 19.1 Å². The van der Waals surface area contributed by atoms with Crippen molar-refractivity contribution >= 4 is 21.6 Å². The molecule has 1 heterocycles. The van der Waals surface area contributed by atoms with Gasteiger partial charge in [0, 0.05) is 19.2 Å². The van der Waals surface area contributed by atoms with Gasteiger partial charge in [-0.25, -0.2) is 8.42 Å². The van der Waals surface area contributed by atoms with Crippen molar-refractivity contribution in [2.45, 2.75) is 17.7 Å². The predicted molar refractivity (Wildman–Crippen MR) is 65.5 cm³/mol. The van der Waals surface area contributed by atoms with Gasteiger partial charge in [-0.05, 0) is 30.2 Å². The summed E-state index contributed by atoms with van der Waals surface area (Å²) in [7, 11) is -0.730. The molecule has 1 aliphatic heterocycles. The number of sulfonamides is 1. The van der Waals surface area contributed by atoms with E-state index >= 15 is 0 Å². The molecule has 0 bridgehead atoms. The fraction of sp³-hybridized carbons (Fsp3) is 0.364. The maximum atomic E-state index is 11.7. The Labute approximate surface area is 106 Å². The molecule has 98 valence electrons. The van der Waals surface area contributed by atoms with Crippen LogP contribution in [0.1, 0.15) is 12.0 Å². The van der Waals surface area contributed by atoms with Gasteiger partial charge in [0.05, 0.1) is 12.0 Å². The molecule has 0 atom stereocenters. The number of hydrogen-bond donors (Lipinski definition) is 1. The monoisotopic (exact) mass is 270 g/mol. The van der Waals surface area contributed by atoms with E-state index in [-0.39, 0.29) is 10.8 Å². The van der Waals surface area contributed by atoms with Crippen molar-refractivity contribution in [3.63, 3.8) is 0 Å². The second-order valence-electron chi connectivity index (χ2n) is 4.03. The zero-order valence-electron chi connectivity index (χ0n) is 10.1. The quantitative estimate of drug-likeness (QED) is 0.808. The zero-order chi connectivity index (χ0) is 13.3. The van der Waals surface area contributed by atoms with E-state index in [0.717, 1.165) is 11.3 Å². The third kappa shape index (κ3) is 2.24. The summed E-state index contributed by atoms with van der Waals surface area (Å²) in [5.74, 6) is 0.0353. The van der Waals surface area contributed by atoms with E-state index in [9.17, 15) is 13.2 Å².